The highest BCUT2D eigenvalue weighted by Crippen LogP contribution is 2.36. The van der Waals surface area contributed by atoms with E-state index in [1.165, 1.54) is 0 Å². The number of nitrogens with zero attached hydrogens (tertiary/aromatic N) is 1. The van der Waals surface area contributed by atoms with Gasteiger partial charge in [-0.25, -0.2) is 0 Å². The first kappa shape index (κ1) is 13.9. The third-order valence-electron chi connectivity index (χ3n) is 3.64. The number of amides is 1. The zero-order valence-electron chi connectivity index (χ0n) is 11.8. The third kappa shape index (κ3) is 2.45. The predicted octanol–water partition coefficient (Wildman–Crippen LogP) is 2.62. The third-order valence-corrected chi connectivity index (χ3v) is 3.64. The van der Waals surface area contributed by atoms with E-state index >= 15 is 0 Å². The van der Waals surface area contributed by atoms with E-state index in [2.05, 4.69) is 6.92 Å². The number of hydrogen-bond donors (Lipinski definition) is 1. The van der Waals surface area contributed by atoms with Crippen LogP contribution in [0.2, 0.25) is 0 Å². The first-order valence-corrected chi connectivity index (χ1v) is 6.99. The fourth-order valence-corrected chi connectivity index (χ4v) is 2.39. The highest BCUT2D eigenvalue weighted by atomic mass is 16.5. The van der Waals surface area contributed by atoms with Crippen molar-refractivity contribution in [3.05, 3.63) is 23.8 Å². The molecule has 2 atom stereocenters. The number of ether oxygens (including phenoxy) is 1. The summed E-state index contributed by atoms with van der Waals surface area (Å²) in [6.07, 6.45) is 1.20. The Morgan fingerprint density at radius 2 is 2.11 bits per heavy atom. The number of likely N-dealkylation sites (N-methyl/N-ethyl adjacent to an activating group) is 1. The summed E-state index contributed by atoms with van der Waals surface area (Å²) in [5.74, 6) is 0.820. The highest BCUT2D eigenvalue weighted by molar-refractivity contribution is 6.00. The molecular formula is C15H22N2O2. The van der Waals surface area contributed by atoms with Gasteiger partial charge in [0, 0.05) is 12.6 Å². The molecule has 0 aliphatic carbocycles. The molecule has 1 amide bonds. The van der Waals surface area contributed by atoms with Crippen LogP contribution in [-0.4, -0.2) is 18.6 Å². The molecule has 0 aromatic heterocycles. The van der Waals surface area contributed by atoms with Gasteiger partial charge in [0.1, 0.15) is 5.75 Å². The summed E-state index contributed by atoms with van der Waals surface area (Å²) in [7, 11) is 0. The number of rotatable bonds is 4. The average Bonchev–Trinajstić information content (AvgIpc) is 2.45. The Balaban J connectivity index is 2.42. The van der Waals surface area contributed by atoms with Crippen LogP contribution in [-0.2, 0) is 4.79 Å². The van der Waals surface area contributed by atoms with Gasteiger partial charge in [0.2, 0.25) is 0 Å². The number of anilines is 1. The van der Waals surface area contributed by atoms with Gasteiger partial charge in [-0.15, -0.1) is 0 Å². The summed E-state index contributed by atoms with van der Waals surface area (Å²) in [4.78, 5) is 14.1. The summed E-state index contributed by atoms with van der Waals surface area (Å²) >= 11 is 0. The summed E-state index contributed by atoms with van der Waals surface area (Å²) in [6.45, 7) is 6.64. The van der Waals surface area contributed by atoms with Crippen LogP contribution in [0.25, 0.3) is 0 Å². The SMILES string of the molecule is CCC1Oc2ccc(C(N)CC)cc2N(CC)C1=O. The van der Waals surface area contributed by atoms with Crippen LogP contribution in [0.3, 0.4) is 0 Å². The molecular weight excluding hydrogens is 240 g/mol. The fourth-order valence-electron chi connectivity index (χ4n) is 2.39. The van der Waals surface area contributed by atoms with Gasteiger partial charge in [-0.3, -0.25) is 4.79 Å². The van der Waals surface area contributed by atoms with Gasteiger partial charge in [-0.2, -0.15) is 0 Å². The van der Waals surface area contributed by atoms with E-state index in [1.54, 1.807) is 4.90 Å². The van der Waals surface area contributed by atoms with E-state index in [4.69, 9.17) is 10.5 Å². The molecule has 104 valence electrons. The molecule has 0 bridgehead atoms. The Morgan fingerprint density at radius 1 is 1.37 bits per heavy atom. The summed E-state index contributed by atoms with van der Waals surface area (Å²) in [6, 6.07) is 5.90. The van der Waals surface area contributed by atoms with E-state index < -0.39 is 0 Å². The zero-order valence-corrected chi connectivity index (χ0v) is 11.8. The second-order valence-electron chi connectivity index (χ2n) is 4.84. The Morgan fingerprint density at radius 3 is 2.68 bits per heavy atom. The van der Waals surface area contributed by atoms with Gasteiger partial charge in [-0.1, -0.05) is 19.9 Å². The molecule has 1 aromatic rings. The summed E-state index contributed by atoms with van der Waals surface area (Å²) in [5, 5.41) is 0. The number of hydrogen-bond acceptors (Lipinski definition) is 3. The van der Waals surface area contributed by atoms with Crippen molar-refractivity contribution in [3.8, 4) is 5.75 Å². The van der Waals surface area contributed by atoms with Crippen LogP contribution in [0.15, 0.2) is 18.2 Å². The van der Waals surface area contributed by atoms with Gasteiger partial charge in [-0.05, 0) is 37.5 Å². The molecule has 1 aromatic carbocycles. The van der Waals surface area contributed by atoms with E-state index in [1.807, 2.05) is 32.0 Å². The largest absolute Gasteiger partial charge is 0.478 e. The maximum Gasteiger partial charge on any atom is 0.268 e. The molecule has 1 heterocycles. The smallest absolute Gasteiger partial charge is 0.268 e. The van der Waals surface area contributed by atoms with Crippen LogP contribution in [0, 0.1) is 0 Å². The molecule has 4 heteroatoms. The van der Waals surface area contributed by atoms with Crippen LogP contribution in [0.1, 0.15) is 45.2 Å². The molecule has 0 saturated carbocycles. The van der Waals surface area contributed by atoms with Crippen molar-refractivity contribution in [1.82, 2.24) is 0 Å². The Hall–Kier alpha value is -1.55. The summed E-state index contributed by atoms with van der Waals surface area (Å²) < 4.78 is 5.76. The highest BCUT2D eigenvalue weighted by Gasteiger charge is 2.32. The quantitative estimate of drug-likeness (QED) is 0.907. The van der Waals surface area contributed by atoms with Crippen molar-refractivity contribution in [3.63, 3.8) is 0 Å². The molecule has 1 aliphatic rings. The molecule has 4 nitrogen and oxygen atoms in total. The molecule has 2 unspecified atom stereocenters. The maximum absolute atomic E-state index is 12.3. The van der Waals surface area contributed by atoms with Gasteiger partial charge in [0.25, 0.3) is 5.91 Å². The lowest BCUT2D eigenvalue weighted by molar-refractivity contribution is -0.126. The standard InChI is InChI=1S/C15H22N2O2/c1-4-11(16)10-7-8-14-12(9-10)17(6-3)15(18)13(5-2)19-14/h7-9,11,13H,4-6,16H2,1-3H3. The van der Waals surface area contributed by atoms with Crippen molar-refractivity contribution >= 4 is 11.6 Å². The lowest BCUT2D eigenvalue weighted by Gasteiger charge is -2.34. The van der Waals surface area contributed by atoms with Crippen molar-refractivity contribution < 1.29 is 9.53 Å². The van der Waals surface area contributed by atoms with E-state index in [9.17, 15) is 4.79 Å². The number of fused-ring (bicyclic) bond motifs is 1. The van der Waals surface area contributed by atoms with E-state index in [0.29, 0.717) is 13.0 Å². The minimum atomic E-state index is -0.363. The van der Waals surface area contributed by atoms with Crippen molar-refractivity contribution in [2.75, 3.05) is 11.4 Å². The number of benzene rings is 1. The molecule has 0 spiro atoms. The maximum atomic E-state index is 12.3. The first-order valence-electron chi connectivity index (χ1n) is 6.99. The lowest BCUT2D eigenvalue weighted by atomic mass is 10.0. The molecule has 1 aliphatic heterocycles. The molecule has 19 heavy (non-hydrogen) atoms. The van der Waals surface area contributed by atoms with Crippen LogP contribution < -0.4 is 15.4 Å². The number of nitrogens with two attached hydrogens (primary N) is 1. The lowest BCUT2D eigenvalue weighted by Crippen LogP contribution is -2.45. The van der Waals surface area contributed by atoms with Gasteiger partial charge in [0.15, 0.2) is 6.10 Å². The van der Waals surface area contributed by atoms with Crippen molar-refractivity contribution in [2.24, 2.45) is 5.73 Å². The van der Waals surface area contributed by atoms with Gasteiger partial charge in [0.05, 0.1) is 5.69 Å². The fraction of sp³-hybridized carbons (Fsp3) is 0.533. The average molecular weight is 262 g/mol. The Labute approximate surface area is 114 Å². The first-order chi connectivity index (χ1) is 9.12. The summed E-state index contributed by atoms with van der Waals surface area (Å²) in [5.41, 5.74) is 7.95. The van der Waals surface area contributed by atoms with Crippen LogP contribution >= 0.6 is 0 Å². The Bertz CT molecular complexity index is 473. The van der Waals surface area contributed by atoms with Crippen LogP contribution in [0.4, 0.5) is 5.69 Å². The van der Waals surface area contributed by atoms with Crippen molar-refractivity contribution in [2.45, 2.75) is 45.8 Å². The van der Waals surface area contributed by atoms with E-state index in [0.717, 1.165) is 23.4 Å². The van der Waals surface area contributed by atoms with Gasteiger partial charge < -0.3 is 15.4 Å². The molecule has 0 saturated heterocycles. The minimum absolute atomic E-state index is 0.00278. The number of carbonyl (C=O) groups excluding carboxylic acids is 1. The second kappa shape index (κ2) is 5.61. The Kier molecular flexibility index (Phi) is 4.10. The number of carbonyl (C=O) groups is 1. The minimum Gasteiger partial charge on any atom is -0.478 e. The van der Waals surface area contributed by atoms with Gasteiger partial charge >= 0.3 is 0 Å². The van der Waals surface area contributed by atoms with Crippen molar-refractivity contribution in [1.29, 1.82) is 0 Å². The normalized spacial score (nSPS) is 19.9. The molecule has 2 rings (SSSR count). The van der Waals surface area contributed by atoms with E-state index in [-0.39, 0.29) is 18.1 Å². The molecule has 0 fully saturated rings. The zero-order chi connectivity index (χ0) is 14.0. The van der Waals surface area contributed by atoms with Crippen LogP contribution in [0.5, 0.6) is 5.75 Å². The predicted molar refractivity (Wildman–Crippen MR) is 76.4 cm³/mol. The topological polar surface area (TPSA) is 55.6 Å². The molecule has 0 radical (unpaired) electrons. The molecule has 2 N–H and O–H groups in total. The second-order valence-corrected chi connectivity index (χ2v) is 4.84. The monoisotopic (exact) mass is 262 g/mol.